The van der Waals surface area contributed by atoms with Crippen LogP contribution in [0.5, 0.6) is 0 Å². The molecule has 140 valence electrons. The molecule has 0 aliphatic carbocycles. The third kappa shape index (κ3) is 3.38. The van der Waals surface area contributed by atoms with Gasteiger partial charge in [-0.3, -0.25) is 14.5 Å². The van der Waals surface area contributed by atoms with Crippen LogP contribution in [0, 0.1) is 0 Å². The molecule has 0 amide bonds. The van der Waals surface area contributed by atoms with Crippen LogP contribution in [-0.2, 0) is 13.5 Å². The third-order valence-electron chi connectivity index (χ3n) is 5.12. The van der Waals surface area contributed by atoms with Crippen LogP contribution < -0.4 is 4.40 Å². The molecule has 4 aromatic heterocycles. The number of pyridine rings is 3. The lowest BCUT2D eigenvalue weighted by molar-refractivity contribution is -0.512. The van der Waals surface area contributed by atoms with E-state index in [2.05, 4.69) is 28.3 Å². The Kier molecular flexibility index (Phi) is 4.13. The maximum Gasteiger partial charge on any atom is 0.211 e. The molecular weight excluding hydrogens is 360 g/mol. The molecule has 0 unspecified atom stereocenters. The largest absolute Gasteiger partial charge is 0.294 e. The van der Waals surface area contributed by atoms with Gasteiger partial charge in [0.1, 0.15) is 0 Å². The van der Waals surface area contributed by atoms with Gasteiger partial charge in [0.05, 0.1) is 12.6 Å². The average Bonchev–Trinajstić information content (AvgIpc) is 3.19. The highest BCUT2D eigenvalue weighted by atomic mass is 16.1. The molecule has 5 aromatic rings. The van der Waals surface area contributed by atoms with E-state index >= 15 is 0 Å². The van der Waals surface area contributed by atoms with E-state index in [-0.39, 0.29) is 12.2 Å². The normalized spacial score (nSPS) is 11.2. The van der Waals surface area contributed by atoms with Gasteiger partial charge < -0.3 is 0 Å². The van der Waals surface area contributed by atoms with Crippen LogP contribution in [0.4, 0.5) is 0 Å². The third-order valence-corrected chi connectivity index (χ3v) is 5.12. The zero-order chi connectivity index (χ0) is 19.8. The first-order valence-corrected chi connectivity index (χ1v) is 9.47. The molecule has 0 N–H and O–H groups in total. The maximum atomic E-state index is 12.8. The van der Waals surface area contributed by atoms with Gasteiger partial charge in [-0.25, -0.2) is 0 Å². The van der Waals surface area contributed by atoms with Crippen LogP contribution in [0.25, 0.3) is 27.4 Å². The van der Waals surface area contributed by atoms with Crippen molar-refractivity contribution in [1.29, 1.82) is 0 Å². The Hall–Kier alpha value is -3.86. The second-order valence-corrected chi connectivity index (χ2v) is 7.19. The first kappa shape index (κ1) is 17.3. The molecule has 5 rings (SSSR count). The second-order valence-electron chi connectivity index (χ2n) is 7.19. The number of benzene rings is 1. The summed E-state index contributed by atoms with van der Waals surface area (Å²) in [5, 5.41) is 6.36. The number of hydrogen-bond donors (Lipinski definition) is 0. The fourth-order valence-electron chi connectivity index (χ4n) is 3.57. The number of carbonyl (C=O) groups excluding carboxylic acids is 1. The van der Waals surface area contributed by atoms with E-state index in [1.54, 1.807) is 4.68 Å². The van der Waals surface area contributed by atoms with E-state index in [0.29, 0.717) is 5.56 Å². The van der Waals surface area contributed by atoms with Crippen molar-refractivity contribution in [3.8, 4) is 11.1 Å². The summed E-state index contributed by atoms with van der Waals surface area (Å²) < 4.78 is 3.78. The SMILES string of the molecule is Cn1cc(-c2ccc3cnc(CC(=O)c4cc[n+]5ccccc5c4)cc3c2)cn1. The van der Waals surface area contributed by atoms with Gasteiger partial charge in [0, 0.05) is 65.9 Å². The lowest BCUT2D eigenvalue weighted by Crippen LogP contribution is -2.21. The number of carbonyl (C=O) groups is 1. The molecule has 0 aliphatic heterocycles. The molecular formula is C24H19N4O+. The summed E-state index contributed by atoms with van der Waals surface area (Å²) in [6.07, 6.45) is 9.83. The zero-order valence-electron chi connectivity index (χ0n) is 16.0. The van der Waals surface area contributed by atoms with E-state index in [1.165, 1.54) is 0 Å². The number of nitrogens with zero attached hydrogens (tertiary/aromatic N) is 4. The minimum Gasteiger partial charge on any atom is -0.294 e. The van der Waals surface area contributed by atoms with Crippen LogP contribution in [0.3, 0.4) is 0 Å². The molecule has 0 aliphatic rings. The van der Waals surface area contributed by atoms with Crippen LogP contribution in [0.2, 0.25) is 0 Å². The van der Waals surface area contributed by atoms with Crippen molar-refractivity contribution < 1.29 is 9.20 Å². The predicted molar refractivity (Wildman–Crippen MR) is 112 cm³/mol. The Morgan fingerprint density at radius 3 is 2.76 bits per heavy atom. The molecule has 0 radical (unpaired) electrons. The van der Waals surface area contributed by atoms with E-state index < -0.39 is 0 Å². The van der Waals surface area contributed by atoms with Crippen molar-refractivity contribution in [2.24, 2.45) is 7.05 Å². The number of rotatable bonds is 4. The Balaban J connectivity index is 1.45. The molecule has 29 heavy (non-hydrogen) atoms. The summed E-state index contributed by atoms with van der Waals surface area (Å²) in [5.74, 6) is 0.0617. The maximum absolute atomic E-state index is 12.8. The second kappa shape index (κ2) is 6.95. The molecule has 1 aromatic carbocycles. The molecule has 0 saturated heterocycles. The first-order chi connectivity index (χ1) is 14.2. The average molecular weight is 379 g/mol. The number of Topliss-reactive ketones (excluding diaryl/α,β-unsaturated/α-hetero) is 1. The highest BCUT2D eigenvalue weighted by molar-refractivity contribution is 5.98. The van der Waals surface area contributed by atoms with E-state index in [4.69, 9.17) is 0 Å². The summed E-state index contributed by atoms with van der Waals surface area (Å²) in [4.78, 5) is 17.3. The molecule has 0 fully saturated rings. The predicted octanol–water partition coefficient (Wildman–Crippen LogP) is 3.80. The Morgan fingerprint density at radius 1 is 0.966 bits per heavy atom. The van der Waals surface area contributed by atoms with E-state index in [9.17, 15) is 4.79 Å². The Morgan fingerprint density at radius 2 is 1.90 bits per heavy atom. The highest BCUT2D eigenvalue weighted by Crippen LogP contribution is 2.24. The van der Waals surface area contributed by atoms with Crippen molar-refractivity contribution in [1.82, 2.24) is 14.8 Å². The van der Waals surface area contributed by atoms with Crippen molar-refractivity contribution in [2.45, 2.75) is 6.42 Å². The smallest absolute Gasteiger partial charge is 0.211 e. The summed E-state index contributed by atoms with van der Waals surface area (Å²) in [6.45, 7) is 0. The quantitative estimate of drug-likeness (QED) is 0.353. The summed E-state index contributed by atoms with van der Waals surface area (Å²) in [7, 11) is 1.91. The summed E-state index contributed by atoms with van der Waals surface area (Å²) >= 11 is 0. The van der Waals surface area contributed by atoms with Crippen molar-refractivity contribution in [3.63, 3.8) is 0 Å². The van der Waals surface area contributed by atoms with Gasteiger partial charge in [0.2, 0.25) is 5.52 Å². The number of ketones is 1. The number of fused-ring (bicyclic) bond motifs is 2. The number of aryl methyl sites for hydroxylation is 1. The molecule has 0 atom stereocenters. The molecule has 0 saturated carbocycles. The molecule has 5 nitrogen and oxygen atoms in total. The van der Waals surface area contributed by atoms with E-state index in [1.807, 2.05) is 78.8 Å². The van der Waals surface area contributed by atoms with Gasteiger partial charge in [0.25, 0.3) is 0 Å². The first-order valence-electron chi connectivity index (χ1n) is 9.47. The summed E-state index contributed by atoms with van der Waals surface area (Å²) in [6, 6.07) is 17.9. The topological polar surface area (TPSA) is 51.9 Å². The Labute approximate surface area is 167 Å². The van der Waals surface area contributed by atoms with Gasteiger partial charge in [-0.1, -0.05) is 12.1 Å². The Bertz CT molecular complexity index is 1370. The van der Waals surface area contributed by atoms with Gasteiger partial charge in [-0.05, 0) is 29.1 Å². The fourth-order valence-corrected chi connectivity index (χ4v) is 3.57. The van der Waals surface area contributed by atoms with Crippen molar-refractivity contribution in [2.75, 3.05) is 0 Å². The molecule has 5 heteroatoms. The van der Waals surface area contributed by atoms with Crippen LogP contribution in [-0.4, -0.2) is 20.5 Å². The number of hydrogen-bond acceptors (Lipinski definition) is 3. The zero-order valence-corrected chi connectivity index (χ0v) is 16.0. The number of aromatic nitrogens is 4. The molecule has 4 heterocycles. The standard InChI is InChI=1S/C24H19N4O/c1-27-16-21(15-26-27)17-5-6-19-14-25-22(11-20(19)10-17)13-24(29)18-7-9-28-8-3-2-4-23(28)12-18/h2-12,14-16H,13H2,1H3/q+1. The van der Waals surface area contributed by atoms with Gasteiger partial charge in [-0.2, -0.15) is 9.50 Å². The lowest BCUT2D eigenvalue weighted by Gasteiger charge is -2.05. The summed E-state index contributed by atoms with van der Waals surface area (Å²) in [5.41, 5.74) is 4.62. The van der Waals surface area contributed by atoms with Crippen molar-refractivity contribution >= 4 is 22.1 Å². The lowest BCUT2D eigenvalue weighted by atomic mass is 10.0. The van der Waals surface area contributed by atoms with E-state index in [0.717, 1.165) is 33.1 Å². The van der Waals surface area contributed by atoms with Gasteiger partial charge in [-0.15, -0.1) is 0 Å². The molecule has 0 bridgehead atoms. The minimum atomic E-state index is 0.0617. The highest BCUT2D eigenvalue weighted by Gasteiger charge is 2.12. The van der Waals surface area contributed by atoms with Crippen LogP contribution in [0.1, 0.15) is 16.1 Å². The van der Waals surface area contributed by atoms with Crippen LogP contribution in [0.15, 0.2) is 85.6 Å². The molecule has 0 spiro atoms. The van der Waals surface area contributed by atoms with Crippen molar-refractivity contribution in [3.05, 3.63) is 96.8 Å². The van der Waals surface area contributed by atoms with Crippen LogP contribution >= 0.6 is 0 Å². The van der Waals surface area contributed by atoms with Gasteiger partial charge >= 0.3 is 0 Å². The van der Waals surface area contributed by atoms with Gasteiger partial charge in [0.15, 0.2) is 18.2 Å². The fraction of sp³-hybridized carbons (Fsp3) is 0.0833. The minimum absolute atomic E-state index is 0.0617. The monoisotopic (exact) mass is 379 g/mol.